The van der Waals surface area contributed by atoms with E-state index in [0.717, 1.165) is 11.1 Å². The van der Waals surface area contributed by atoms with Crippen LogP contribution in [0.3, 0.4) is 0 Å². The quantitative estimate of drug-likeness (QED) is 0.656. The molecule has 0 aliphatic carbocycles. The molecule has 0 saturated carbocycles. The molecule has 24 heavy (non-hydrogen) atoms. The van der Waals surface area contributed by atoms with Crippen molar-refractivity contribution < 1.29 is 20.4 Å². The predicted octanol–water partition coefficient (Wildman–Crippen LogP) is 2.84. The Bertz CT molecular complexity index is 542. The molecule has 0 aromatic heterocycles. The van der Waals surface area contributed by atoms with E-state index in [9.17, 15) is 10.2 Å². The summed E-state index contributed by atoms with van der Waals surface area (Å²) in [6, 6.07) is 18.7. The zero-order valence-electron chi connectivity index (χ0n) is 14.3. The molecule has 4 atom stereocenters. The van der Waals surface area contributed by atoms with Crippen LogP contribution in [0.5, 0.6) is 0 Å². The lowest BCUT2D eigenvalue weighted by molar-refractivity contribution is 0.0770. The number of hydrogen-bond acceptors (Lipinski definition) is 4. The van der Waals surface area contributed by atoms with Crippen LogP contribution < -0.4 is 0 Å². The molecule has 4 N–H and O–H groups in total. The maximum absolute atomic E-state index is 9.63. The average molecular weight is 332 g/mol. The molecule has 0 aliphatic heterocycles. The molecule has 4 nitrogen and oxygen atoms in total. The lowest BCUT2D eigenvalue weighted by Crippen LogP contribution is -2.12. The van der Waals surface area contributed by atoms with Crippen molar-refractivity contribution in [3.05, 3.63) is 71.8 Å². The molecule has 0 heterocycles. The second-order valence-electron chi connectivity index (χ2n) is 6.03. The summed E-state index contributed by atoms with van der Waals surface area (Å²) < 4.78 is 0. The summed E-state index contributed by atoms with van der Waals surface area (Å²) in [5, 5.41) is 37.0. The summed E-state index contributed by atoms with van der Waals surface area (Å²) in [5.74, 6) is -0.104. The van der Waals surface area contributed by atoms with Crippen LogP contribution in [0.2, 0.25) is 0 Å². The Morgan fingerprint density at radius 2 is 1.21 bits per heavy atom. The number of rotatable bonds is 6. The van der Waals surface area contributed by atoms with E-state index < -0.39 is 18.3 Å². The second kappa shape index (κ2) is 10.9. The Labute approximate surface area is 144 Å². The van der Waals surface area contributed by atoms with Crippen molar-refractivity contribution in [1.29, 1.82) is 0 Å². The van der Waals surface area contributed by atoms with Crippen molar-refractivity contribution in [2.75, 3.05) is 6.61 Å². The topological polar surface area (TPSA) is 80.9 Å². The monoisotopic (exact) mass is 332 g/mol. The highest BCUT2D eigenvalue weighted by molar-refractivity contribution is 5.18. The molecule has 2 rings (SSSR count). The molecule has 0 bridgehead atoms. The van der Waals surface area contributed by atoms with Gasteiger partial charge in [0, 0.05) is 18.9 Å². The fraction of sp³-hybridized carbons (Fsp3) is 0.400. The lowest BCUT2D eigenvalue weighted by atomic mass is 9.98. The van der Waals surface area contributed by atoms with Crippen LogP contribution in [-0.2, 0) is 0 Å². The molecule has 0 radical (unpaired) electrons. The van der Waals surface area contributed by atoms with Gasteiger partial charge in [-0.15, -0.1) is 0 Å². The third-order valence-electron chi connectivity index (χ3n) is 3.72. The van der Waals surface area contributed by atoms with Crippen molar-refractivity contribution in [3.63, 3.8) is 0 Å². The van der Waals surface area contributed by atoms with E-state index in [1.807, 2.05) is 67.6 Å². The Hall–Kier alpha value is -1.72. The van der Waals surface area contributed by atoms with E-state index in [4.69, 9.17) is 10.2 Å². The van der Waals surface area contributed by atoms with Gasteiger partial charge >= 0.3 is 0 Å². The fourth-order valence-electron chi connectivity index (χ4n) is 2.21. The molecule has 0 amide bonds. The van der Waals surface area contributed by atoms with Crippen LogP contribution in [0.4, 0.5) is 0 Å². The minimum Gasteiger partial charge on any atom is -0.396 e. The molecule has 2 aromatic rings. The van der Waals surface area contributed by atoms with Crippen molar-refractivity contribution >= 4 is 0 Å². The highest BCUT2D eigenvalue weighted by atomic mass is 16.3. The van der Waals surface area contributed by atoms with Gasteiger partial charge in [0.2, 0.25) is 0 Å². The van der Waals surface area contributed by atoms with Crippen LogP contribution in [-0.4, -0.2) is 33.1 Å². The fourth-order valence-corrected chi connectivity index (χ4v) is 2.21. The molecule has 132 valence electrons. The number of benzene rings is 2. The number of aliphatic hydroxyl groups excluding tert-OH is 4. The van der Waals surface area contributed by atoms with E-state index in [1.165, 1.54) is 0 Å². The normalized spacial score (nSPS) is 15.6. The zero-order chi connectivity index (χ0) is 17.9. The van der Waals surface area contributed by atoms with Crippen molar-refractivity contribution in [2.45, 2.75) is 38.6 Å². The minimum atomic E-state index is -0.559. The SMILES string of the molecule is CC(CO)C(O)c1ccccc1.CC(O)CC(O)c1ccccc1. The van der Waals surface area contributed by atoms with Crippen LogP contribution in [0.25, 0.3) is 0 Å². The van der Waals surface area contributed by atoms with Crippen LogP contribution in [0.1, 0.15) is 43.6 Å². The minimum absolute atomic E-state index is 0.00998. The maximum atomic E-state index is 9.63. The molecular formula is C20H28O4. The third-order valence-corrected chi connectivity index (χ3v) is 3.72. The van der Waals surface area contributed by atoms with E-state index in [2.05, 4.69) is 0 Å². The van der Waals surface area contributed by atoms with E-state index in [-0.39, 0.29) is 12.5 Å². The van der Waals surface area contributed by atoms with Gasteiger partial charge < -0.3 is 20.4 Å². The van der Waals surface area contributed by atoms with Gasteiger partial charge in [0.25, 0.3) is 0 Å². The molecule has 0 spiro atoms. The van der Waals surface area contributed by atoms with Crippen molar-refractivity contribution in [2.24, 2.45) is 5.92 Å². The first-order valence-electron chi connectivity index (χ1n) is 8.20. The van der Waals surface area contributed by atoms with Crippen LogP contribution in [0, 0.1) is 5.92 Å². The first-order chi connectivity index (χ1) is 11.5. The van der Waals surface area contributed by atoms with Gasteiger partial charge in [-0.2, -0.15) is 0 Å². The zero-order valence-corrected chi connectivity index (χ0v) is 14.3. The predicted molar refractivity (Wildman–Crippen MR) is 95.4 cm³/mol. The van der Waals surface area contributed by atoms with E-state index >= 15 is 0 Å². The van der Waals surface area contributed by atoms with E-state index in [1.54, 1.807) is 6.92 Å². The Balaban J connectivity index is 0.000000240. The van der Waals surface area contributed by atoms with E-state index in [0.29, 0.717) is 6.42 Å². The molecule has 0 fully saturated rings. The first-order valence-corrected chi connectivity index (χ1v) is 8.20. The molecular weight excluding hydrogens is 304 g/mol. The maximum Gasteiger partial charge on any atom is 0.0837 e. The summed E-state index contributed by atoms with van der Waals surface area (Å²) >= 11 is 0. The summed E-state index contributed by atoms with van der Waals surface area (Å²) in [6.45, 7) is 3.50. The lowest BCUT2D eigenvalue weighted by Gasteiger charge is -2.16. The van der Waals surface area contributed by atoms with Gasteiger partial charge in [-0.25, -0.2) is 0 Å². The summed E-state index contributed by atoms with van der Waals surface area (Å²) in [6.07, 6.45) is -1.17. The van der Waals surface area contributed by atoms with Gasteiger partial charge in [-0.3, -0.25) is 0 Å². The highest BCUT2D eigenvalue weighted by Crippen LogP contribution is 2.20. The first kappa shape index (κ1) is 20.3. The highest BCUT2D eigenvalue weighted by Gasteiger charge is 2.14. The molecule has 0 saturated heterocycles. The molecule has 2 aromatic carbocycles. The number of hydrogen-bond donors (Lipinski definition) is 4. The largest absolute Gasteiger partial charge is 0.396 e. The molecule has 0 aliphatic rings. The second-order valence-corrected chi connectivity index (χ2v) is 6.03. The van der Waals surface area contributed by atoms with Gasteiger partial charge in [0.1, 0.15) is 0 Å². The summed E-state index contributed by atoms with van der Waals surface area (Å²) in [4.78, 5) is 0. The summed E-state index contributed by atoms with van der Waals surface area (Å²) in [5.41, 5.74) is 1.72. The van der Waals surface area contributed by atoms with Gasteiger partial charge in [0.05, 0.1) is 18.3 Å². The Kier molecular flexibility index (Phi) is 9.27. The van der Waals surface area contributed by atoms with Crippen LogP contribution in [0.15, 0.2) is 60.7 Å². The summed E-state index contributed by atoms with van der Waals surface area (Å²) in [7, 11) is 0. The average Bonchev–Trinajstić information content (AvgIpc) is 2.62. The van der Waals surface area contributed by atoms with Crippen LogP contribution >= 0.6 is 0 Å². The molecule has 4 heteroatoms. The standard InChI is InChI=1S/2C10H14O2/c1-8(7-11)10(12)9-5-3-2-4-6-9;1-8(11)7-10(12)9-5-3-2-4-6-9/h2*2-6,8,10-12H,7H2,1H3. The van der Waals surface area contributed by atoms with Gasteiger partial charge in [0.15, 0.2) is 0 Å². The number of aliphatic hydroxyl groups is 4. The smallest absolute Gasteiger partial charge is 0.0837 e. The Morgan fingerprint density at radius 3 is 1.62 bits per heavy atom. The molecule has 4 unspecified atom stereocenters. The van der Waals surface area contributed by atoms with Gasteiger partial charge in [-0.1, -0.05) is 67.6 Å². The van der Waals surface area contributed by atoms with Crippen molar-refractivity contribution in [1.82, 2.24) is 0 Å². The Morgan fingerprint density at radius 1 is 0.750 bits per heavy atom. The van der Waals surface area contributed by atoms with Crippen molar-refractivity contribution in [3.8, 4) is 0 Å². The van der Waals surface area contributed by atoms with Gasteiger partial charge in [-0.05, 0) is 18.1 Å². The third kappa shape index (κ3) is 7.23.